The summed E-state index contributed by atoms with van der Waals surface area (Å²) in [5.74, 6) is 2.38. The van der Waals surface area contributed by atoms with Gasteiger partial charge in [0.15, 0.2) is 22.8 Å². The van der Waals surface area contributed by atoms with Gasteiger partial charge in [-0.25, -0.2) is 19.9 Å². The molecule has 166 valence electrons. The van der Waals surface area contributed by atoms with Gasteiger partial charge in [0, 0.05) is 51.9 Å². The number of nitrogens with zero attached hydrogens (tertiary/aromatic N) is 8. The van der Waals surface area contributed by atoms with Gasteiger partial charge < -0.3 is 19.6 Å². The second-order valence-electron chi connectivity index (χ2n) is 8.15. The third-order valence-corrected chi connectivity index (χ3v) is 5.48. The molecule has 0 bridgehead atoms. The summed E-state index contributed by atoms with van der Waals surface area (Å²) in [5.41, 5.74) is 2.37. The summed E-state index contributed by atoms with van der Waals surface area (Å²) in [4.78, 5) is 28.3. The molecule has 8 nitrogen and oxygen atoms in total. The van der Waals surface area contributed by atoms with Crippen molar-refractivity contribution in [2.45, 2.75) is 7.43 Å². The molecule has 4 rings (SSSR count). The van der Waals surface area contributed by atoms with E-state index in [9.17, 15) is 0 Å². The average molecular weight is 423 g/mol. The van der Waals surface area contributed by atoms with E-state index >= 15 is 0 Å². The normalized spacial score (nSPS) is 14.7. The molecule has 1 aromatic carbocycles. The molecule has 2 aromatic heterocycles. The van der Waals surface area contributed by atoms with E-state index in [-0.39, 0.29) is 7.43 Å². The van der Waals surface area contributed by atoms with Crippen molar-refractivity contribution >= 4 is 22.8 Å². The first-order valence-corrected chi connectivity index (χ1v) is 10.4. The summed E-state index contributed by atoms with van der Waals surface area (Å²) in [6.07, 6.45) is 1.86. The maximum Gasteiger partial charge on any atom is 0.186 e. The zero-order valence-corrected chi connectivity index (χ0v) is 18.3. The minimum atomic E-state index is 0. The number of hydrogen-bond acceptors (Lipinski definition) is 8. The number of piperazine rings is 1. The SMILES string of the molecule is C.CN(C)CCN(C)c1nc(-c2ccccc2)nc2nc(N3CCN(C)CC3)cnc12. The number of anilines is 2. The summed E-state index contributed by atoms with van der Waals surface area (Å²) in [6, 6.07) is 10.1. The lowest BCUT2D eigenvalue weighted by Crippen LogP contribution is -2.44. The fraction of sp³-hybridized carbons (Fsp3) is 0.478. The average Bonchev–Trinajstić information content (AvgIpc) is 2.77. The highest BCUT2D eigenvalue weighted by Crippen LogP contribution is 2.26. The topological polar surface area (TPSA) is 64.5 Å². The van der Waals surface area contributed by atoms with Crippen LogP contribution >= 0.6 is 0 Å². The highest BCUT2D eigenvalue weighted by atomic mass is 15.3. The van der Waals surface area contributed by atoms with Crippen LogP contribution in [0.3, 0.4) is 0 Å². The number of likely N-dealkylation sites (N-methyl/N-ethyl adjacent to an activating group) is 3. The Morgan fingerprint density at radius 2 is 1.61 bits per heavy atom. The number of fused-ring (bicyclic) bond motifs is 1. The van der Waals surface area contributed by atoms with E-state index < -0.39 is 0 Å². The van der Waals surface area contributed by atoms with Crippen LogP contribution in [0.4, 0.5) is 11.6 Å². The Morgan fingerprint density at radius 3 is 2.29 bits per heavy atom. The molecule has 31 heavy (non-hydrogen) atoms. The van der Waals surface area contributed by atoms with Crippen LogP contribution in [-0.2, 0) is 0 Å². The van der Waals surface area contributed by atoms with Crippen molar-refractivity contribution in [2.24, 2.45) is 0 Å². The molecule has 0 saturated carbocycles. The molecule has 0 unspecified atom stereocenters. The van der Waals surface area contributed by atoms with E-state index in [0.29, 0.717) is 11.5 Å². The van der Waals surface area contributed by atoms with E-state index in [1.165, 1.54) is 0 Å². The van der Waals surface area contributed by atoms with Gasteiger partial charge in [0.25, 0.3) is 0 Å². The minimum absolute atomic E-state index is 0. The largest absolute Gasteiger partial charge is 0.356 e. The van der Waals surface area contributed by atoms with Crippen molar-refractivity contribution in [3.05, 3.63) is 36.5 Å². The number of benzene rings is 1. The molecule has 0 N–H and O–H groups in total. The van der Waals surface area contributed by atoms with E-state index in [0.717, 1.165) is 62.0 Å². The summed E-state index contributed by atoms with van der Waals surface area (Å²) in [5, 5.41) is 0. The quantitative estimate of drug-likeness (QED) is 0.600. The molecule has 1 saturated heterocycles. The second kappa shape index (κ2) is 9.98. The smallest absolute Gasteiger partial charge is 0.186 e. The zero-order valence-electron chi connectivity index (χ0n) is 18.3. The Morgan fingerprint density at radius 1 is 0.903 bits per heavy atom. The molecule has 1 aliphatic heterocycles. The van der Waals surface area contributed by atoms with Gasteiger partial charge in [-0.1, -0.05) is 37.8 Å². The third kappa shape index (κ3) is 5.26. The monoisotopic (exact) mass is 422 g/mol. The highest BCUT2D eigenvalue weighted by Gasteiger charge is 2.19. The molecular formula is C23H34N8. The maximum atomic E-state index is 4.91. The molecule has 0 spiro atoms. The predicted octanol–water partition coefficient (Wildman–Crippen LogP) is 2.47. The van der Waals surface area contributed by atoms with Gasteiger partial charge in [0.05, 0.1) is 6.20 Å². The first-order chi connectivity index (χ1) is 14.5. The number of hydrogen-bond donors (Lipinski definition) is 0. The second-order valence-corrected chi connectivity index (χ2v) is 8.15. The number of rotatable bonds is 6. The third-order valence-electron chi connectivity index (χ3n) is 5.48. The molecular weight excluding hydrogens is 388 g/mol. The van der Waals surface area contributed by atoms with E-state index in [4.69, 9.17) is 19.9 Å². The standard InChI is InChI=1S/C22H30N8.CH4/c1-27(2)10-13-29(4)22-19-21(25-20(26-22)17-8-6-5-7-9-17)24-18(16-23-19)30-14-11-28(3)12-15-30;/h5-9,16H,10-15H2,1-4H3;1H4. The fourth-order valence-electron chi connectivity index (χ4n) is 3.51. The van der Waals surface area contributed by atoms with Gasteiger partial charge in [0.2, 0.25) is 0 Å². The van der Waals surface area contributed by atoms with E-state index in [1.807, 2.05) is 36.5 Å². The van der Waals surface area contributed by atoms with Crippen molar-refractivity contribution in [1.82, 2.24) is 29.7 Å². The summed E-state index contributed by atoms with van der Waals surface area (Å²) in [7, 11) is 8.35. The van der Waals surface area contributed by atoms with Crippen molar-refractivity contribution < 1.29 is 0 Å². The zero-order chi connectivity index (χ0) is 21.1. The minimum Gasteiger partial charge on any atom is -0.356 e. The van der Waals surface area contributed by atoms with Crippen LogP contribution in [0.25, 0.3) is 22.6 Å². The van der Waals surface area contributed by atoms with Crippen molar-refractivity contribution in [1.29, 1.82) is 0 Å². The molecule has 0 atom stereocenters. The van der Waals surface area contributed by atoms with Crippen LogP contribution in [-0.4, -0.2) is 97.2 Å². The van der Waals surface area contributed by atoms with Crippen LogP contribution in [0.2, 0.25) is 0 Å². The molecule has 3 aromatic rings. The predicted molar refractivity (Wildman–Crippen MR) is 129 cm³/mol. The molecule has 3 heterocycles. The van der Waals surface area contributed by atoms with Crippen molar-refractivity contribution in [3.63, 3.8) is 0 Å². The number of aromatic nitrogens is 4. The van der Waals surface area contributed by atoms with Gasteiger partial charge in [-0.05, 0) is 21.1 Å². The molecule has 1 fully saturated rings. The van der Waals surface area contributed by atoms with E-state index in [2.05, 4.69) is 47.8 Å². The van der Waals surface area contributed by atoms with Crippen LogP contribution in [0.15, 0.2) is 36.5 Å². The Kier molecular flexibility index (Phi) is 7.35. The lowest BCUT2D eigenvalue weighted by molar-refractivity contribution is 0.312. The molecule has 0 radical (unpaired) electrons. The molecule has 0 aliphatic carbocycles. The Labute approximate surface area is 185 Å². The summed E-state index contributed by atoms with van der Waals surface area (Å²) in [6.45, 7) is 5.71. The van der Waals surface area contributed by atoms with Gasteiger partial charge in [0.1, 0.15) is 5.82 Å². The maximum absolute atomic E-state index is 4.91. The van der Waals surface area contributed by atoms with Gasteiger partial charge in [-0.3, -0.25) is 0 Å². The Hall–Kier alpha value is -2.84. The van der Waals surface area contributed by atoms with Crippen molar-refractivity contribution in [3.8, 4) is 11.4 Å². The van der Waals surface area contributed by atoms with Crippen LogP contribution in [0.1, 0.15) is 7.43 Å². The lowest BCUT2D eigenvalue weighted by atomic mass is 10.2. The van der Waals surface area contributed by atoms with Crippen LogP contribution < -0.4 is 9.80 Å². The Bertz CT molecular complexity index is 984. The van der Waals surface area contributed by atoms with Crippen LogP contribution in [0.5, 0.6) is 0 Å². The first kappa shape index (κ1) is 22.8. The van der Waals surface area contributed by atoms with Crippen LogP contribution in [0, 0.1) is 0 Å². The van der Waals surface area contributed by atoms with Gasteiger partial charge in [-0.15, -0.1) is 0 Å². The van der Waals surface area contributed by atoms with Crippen molar-refractivity contribution in [2.75, 3.05) is 77.3 Å². The molecule has 1 aliphatic rings. The summed E-state index contributed by atoms with van der Waals surface area (Å²) < 4.78 is 0. The fourth-order valence-corrected chi connectivity index (χ4v) is 3.51. The summed E-state index contributed by atoms with van der Waals surface area (Å²) >= 11 is 0. The lowest BCUT2D eigenvalue weighted by Gasteiger charge is -2.33. The molecule has 0 amide bonds. The first-order valence-electron chi connectivity index (χ1n) is 10.4. The van der Waals surface area contributed by atoms with Gasteiger partial charge >= 0.3 is 0 Å². The Balaban J connectivity index is 0.00000272. The molecule has 8 heteroatoms. The van der Waals surface area contributed by atoms with Gasteiger partial charge in [-0.2, -0.15) is 0 Å². The highest BCUT2D eigenvalue weighted by molar-refractivity contribution is 5.85. The van der Waals surface area contributed by atoms with E-state index in [1.54, 1.807) is 0 Å².